The highest BCUT2D eigenvalue weighted by Crippen LogP contribution is 2.37. The third-order valence-corrected chi connectivity index (χ3v) is 10.2. The molecule has 0 bridgehead atoms. The summed E-state index contributed by atoms with van der Waals surface area (Å²) in [4.78, 5) is 44.5. The molecule has 1 aliphatic heterocycles. The van der Waals surface area contributed by atoms with E-state index in [1.807, 2.05) is 97.1 Å². The van der Waals surface area contributed by atoms with Gasteiger partial charge in [0.2, 0.25) is 0 Å². The Bertz CT molecular complexity index is 2510. The number of thiazole rings is 1. The van der Waals surface area contributed by atoms with Gasteiger partial charge in [-0.05, 0) is 66.3 Å². The van der Waals surface area contributed by atoms with Crippen molar-refractivity contribution in [3.05, 3.63) is 173 Å². The summed E-state index contributed by atoms with van der Waals surface area (Å²) in [5.74, 6) is -0.189. The molecule has 1 atom stereocenters. The van der Waals surface area contributed by atoms with Crippen molar-refractivity contribution in [2.75, 3.05) is 6.61 Å². The minimum Gasteiger partial charge on any atom is -0.463 e. The van der Waals surface area contributed by atoms with Gasteiger partial charge in [0.15, 0.2) is 4.80 Å². The van der Waals surface area contributed by atoms with Crippen molar-refractivity contribution in [1.29, 1.82) is 0 Å². The minimum atomic E-state index is -0.725. The van der Waals surface area contributed by atoms with Gasteiger partial charge in [-0.2, -0.15) is 0 Å². The van der Waals surface area contributed by atoms with E-state index in [1.54, 1.807) is 30.5 Å². The van der Waals surface area contributed by atoms with Crippen molar-refractivity contribution in [3.8, 4) is 28.2 Å². The SMILES string of the molecule is CCOC(=O)C1=C(C)N=c2s/c(=C\c3cc(-c4ccccc4)n(-c4ccc([N+](=O)[O-])cc4)c3-c3ccccc3)c(=O)n2[C@H]1c1ccc(C(C)C)cc1. The van der Waals surface area contributed by atoms with Crippen molar-refractivity contribution in [2.45, 2.75) is 39.7 Å². The number of carbonyl (C=O) groups is 1. The van der Waals surface area contributed by atoms with Crippen molar-refractivity contribution in [1.82, 2.24) is 9.13 Å². The highest BCUT2D eigenvalue weighted by molar-refractivity contribution is 7.07. The summed E-state index contributed by atoms with van der Waals surface area (Å²) in [5.41, 5.74) is 7.46. The zero-order valence-electron chi connectivity index (χ0n) is 29.1. The van der Waals surface area contributed by atoms with Gasteiger partial charge in [-0.25, -0.2) is 9.79 Å². The van der Waals surface area contributed by atoms with E-state index >= 15 is 0 Å². The van der Waals surface area contributed by atoms with Crippen LogP contribution in [-0.4, -0.2) is 26.6 Å². The quantitative estimate of drug-likeness (QED) is 0.0861. The average Bonchev–Trinajstić information content (AvgIpc) is 3.68. The number of nitro groups is 1. The van der Waals surface area contributed by atoms with Crippen molar-refractivity contribution < 1.29 is 14.5 Å². The van der Waals surface area contributed by atoms with Gasteiger partial charge < -0.3 is 9.30 Å². The molecule has 1 aliphatic rings. The molecule has 4 aromatic carbocycles. The van der Waals surface area contributed by atoms with Crippen LogP contribution in [0.3, 0.4) is 0 Å². The number of hydrogen-bond acceptors (Lipinski definition) is 7. The van der Waals surface area contributed by atoms with Gasteiger partial charge >= 0.3 is 5.97 Å². The monoisotopic (exact) mass is 708 g/mol. The van der Waals surface area contributed by atoms with E-state index in [0.29, 0.717) is 26.5 Å². The number of nitrogens with zero attached hydrogens (tertiary/aromatic N) is 4. The lowest BCUT2D eigenvalue weighted by Crippen LogP contribution is -2.39. The number of allylic oxidation sites excluding steroid dienone is 1. The zero-order valence-corrected chi connectivity index (χ0v) is 30.0. The predicted molar refractivity (Wildman–Crippen MR) is 204 cm³/mol. The summed E-state index contributed by atoms with van der Waals surface area (Å²) in [6.07, 6.45) is 1.88. The Morgan fingerprint density at radius 3 is 2.17 bits per heavy atom. The summed E-state index contributed by atoms with van der Waals surface area (Å²) in [6.45, 7) is 7.97. The topological polar surface area (TPSA) is 109 Å². The van der Waals surface area contributed by atoms with Crippen LogP contribution in [0.4, 0.5) is 5.69 Å². The lowest BCUT2D eigenvalue weighted by molar-refractivity contribution is -0.384. The summed E-state index contributed by atoms with van der Waals surface area (Å²) < 4.78 is 9.61. The van der Waals surface area contributed by atoms with E-state index in [2.05, 4.69) is 18.4 Å². The van der Waals surface area contributed by atoms with Crippen LogP contribution in [0.1, 0.15) is 56.3 Å². The Morgan fingerprint density at radius 2 is 1.58 bits per heavy atom. The normalized spacial score (nSPS) is 14.3. The molecule has 0 radical (unpaired) electrons. The second kappa shape index (κ2) is 14.2. The smallest absolute Gasteiger partial charge is 0.338 e. The van der Waals surface area contributed by atoms with Crippen LogP contribution in [0.25, 0.3) is 34.3 Å². The van der Waals surface area contributed by atoms with E-state index < -0.39 is 16.9 Å². The number of rotatable bonds is 9. The molecule has 0 N–H and O–H groups in total. The van der Waals surface area contributed by atoms with Gasteiger partial charge in [0, 0.05) is 23.4 Å². The second-order valence-corrected chi connectivity index (χ2v) is 13.8. The van der Waals surface area contributed by atoms with E-state index in [9.17, 15) is 19.7 Å². The molecular weight excluding hydrogens is 673 g/mol. The molecule has 10 heteroatoms. The molecule has 7 rings (SSSR count). The molecule has 0 unspecified atom stereocenters. The van der Waals surface area contributed by atoms with E-state index in [1.165, 1.54) is 23.5 Å². The Morgan fingerprint density at radius 1 is 0.942 bits per heavy atom. The maximum absolute atomic E-state index is 14.6. The number of aromatic nitrogens is 2. The molecule has 9 nitrogen and oxygen atoms in total. The van der Waals surface area contributed by atoms with Crippen LogP contribution < -0.4 is 14.9 Å². The molecule has 0 saturated carbocycles. The standard InChI is InChI=1S/C42H36N4O5S/c1-5-51-41(48)37-27(4)43-42-45(39(37)31-18-16-28(17-19-31)26(2)3)40(47)36(52-42)25-32-24-35(29-12-8-6-9-13-29)44(38(32)30-14-10-7-11-15-30)33-20-22-34(23-21-33)46(49)50/h6-26,39H,5H2,1-4H3/b36-25-/t39-/m0/s1. The van der Waals surface area contributed by atoms with Crippen LogP contribution in [0, 0.1) is 10.1 Å². The zero-order chi connectivity index (χ0) is 36.5. The molecule has 0 spiro atoms. The van der Waals surface area contributed by atoms with Crippen LogP contribution in [0.15, 0.2) is 136 Å². The summed E-state index contributed by atoms with van der Waals surface area (Å²) >= 11 is 1.27. The molecule has 0 saturated heterocycles. The molecule has 6 aromatic rings. The number of esters is 1. The number of fused-ring (bicyclic) bond motifs is 1. The number of nitro benzene ring substituents is 1. The fraction of sp³-hybridized carbons (Fsp3) is 0.167. The van der Waals surface area contributed by atoms with E-state index in [0.717, 1.165) is 44.9 Å². The molecular formula is C42H36N4O5S. The van der Waals surface area contributed by atoms with Gasteiger partial charge in [-0.1, -0.05) is 110 Å². The summed E-state index contributed by atoms with van der Waals surface area (Å²) in [6, 6.07) is 35.5. The minimum absolute atomic E-state index is 0.00866. The summed E-state index contributed by atoms with van der Waals surface area (Å²) in [7, 11) is 0. The fourth-order valence-corrected chi connectivity index (χ4v) is 7.69. The highest BCUT2D eigenvalue weighted by atomic mass is 32.1. The first-order valence-corrected chi connectivity index (χ1v) is 17.9. The Balaban J connectivity index is 1.49. The second-order valence-electron chi connectivity index (χ2n) is 12.8. The lowest BCUT2D eigenvalue weighted by atomic mass is 9.93. The van der Waals surface area contributed by atoms with Gasteiger partial charge in [-0.15, -0.1) is 0 Å². The number of hydrogen-bond donors (Lipinski definition) is 0. The van der Waals surface area contributed by atoms with Crippen molar-refractivity contribution in [2.24, 2.45) is 4.99 Å². The number of non-ortho nitro benzene ring substituents is 1. The van der Waals surface area contributed by atoms with Crippen molar-refractivity contribution >= 4 is 29.1 Å². The average molecular weight is 709 g/mol. The Labute approximate surface area is 304 Å². The first-order chi connectivity index (χ1) is 25.2. The number of benzene rings is 4. The van der Waals surface area contributed by atoms with Gasteiger partial charge in [0.25, 0.3) is 11.2 Å². The predicted octanol–water partition coefficient (Wildman–Crippen LogP) is 7.95. The first-order valence-electron chi connectivity index (χ1n) is 17.1. The van der Waals surface area contributed by atoms with Gasteiger partial charge in [-0.3, -0.25) is 19.5 Å². The lowest BCUT2D eigenvalue weighted by Gasteiger charge is -2.25. The third-order valence-electron chi connectivity index (χ3n) is 9.19. The molecule has 0 fully saturated rings. The van der Waals surface area contributed by atoms with E-state index in [-0.39, 0.29) is 17.9 Å². The number of ether oxygens (including phenoxy) is 1. The first kappa shape index (κ1) is 34.3. The Kier molecular flexibility index (Phi) is 9.40. The summed E-state index contributed by atoms with van der Waals surface area (Å²) in [5, 5.41) is 11.5. The molecule has 0 aliphatic carbocycles. The van der Waals surface area contributed by atoms with Crippen LogP contribution in [0.2, 0.25) is 0 Å². The van der Waals surface area contributed by atoms with Crippen LogP contribution in [-0.2, 0) is 9.53 Å². The number of carbonyl (C=O) groups excluding carboxylic acids is 1. The molecule has 3 heterocycles. The van der Waals surface area contributed by atoms with Crippen LogP contribution >= 0.6 is 11.3 Å². The van der Waals surface area contributed by atoms with Gasteiger partial charge in [0.1, 0.15) is 0 Å². The molecule has 2 aromatic heterocycles. The fourth-order valence-electron chi connectivity index (χ4n) is 6.66. The highest BCUT2D eigenvalue weighted by Gasteiger charge is 2.33. The third kappa shape index (κ3) is 6.33. The van der Waals surface area contributed by atoms with Gasteiger partial charge in [0.05, 0.1) is 44.8 Å². The van der Waals surface area contributed by atoms with Crippen LogP contribution in [0.5, 0.6) is 0 Å². The maximum atomic E-state index is 14.6. The van der Waals surface area contributed by atoms with Crippen molar-refractivity contribution in [3.63, 3.8) is 0 Å². The largest absolute Gasteiger partial charge is 0.463 e. The molecule has 52 heavy (non-hydrogen) atoms. The molecule has 0 amide bonds. The Hall–Kier alpha value is -6.13. The molecule has 260 valence electrons. The van der Waals surface area contributed by atoms with E-state index in [4.69, 9.17) is 9.73 Å². The maximum Gasteiger partial charge on any atom is 0.338 e.